The van der Waals surface area contributed by atoms with Crippen LogP contribution >= 0.6 is 0 Å². The van der Waals surface area contributed by atoms with Gasteiger partial charge in [-0.3, -0.25) is 0 Å². The van der Waals surface area contributed by atoms with Crippen molar-refractivity contribution in [3.05, 3.63) is 35.5 Å². The normalized spacial score (nSPS) is 37.7. The zero-order valence-corrected chi connectivity index (χ0v) is 20.5. The van der Waals surface area contributed by atoms with E-state index in [0.29, 0.717) is 24.7 Å². The SMILES string of the molecule is C=C1/C(=C\C=C2/CCCC3C2CCC3C(C)CC[C@@](C)(O)C(C)(C)C)C[C@@H](O)C[C@@H]1O. The summed E-state index contributed by atoms with van der Waals surface area (Å²) in [5.41, 5.74) is 2.62. The third-order valence-corrected chi connectivity index (χ3v) is 9.05. The number of allylic oxidation sites excluding steroid dienone is 3. The van der Waals surface area contributed by atoms with Crippen molar-refractivity contribution in [2.75, 3.05) is 0 Å². The highest BCUT2D eigenvalue weighted by molar-refractivity contribution is 5.38. The molecule has 0 saturated heterocycles. The highest BCUT2D eigenvalue weighted by atomic mass is 16.3. The van der Waals surface area contributed by atoms with Crippen molar-refractivity contribution in [3.63, 3.8) is 0 Å². The van der Waals surface area contributed by atoms with E-state index in [1.165, 1.54) is 32.1 Å². The van der Waals surface area contributed by atoms with Gasteiger partial charge in [0.2, 0.25) is 0 Å². The molecular formula is C28H46O3. The van der Waals surface area contributed by atoms with E-state index in [0.717, 1.165) is 35.8 Å². The Morgan fingerprint density at radius 1 is 1.10 bits per heavy atom. The van der Waals surface area contributed by atoms with E-state index < -0.39 is 17.8 Å². The monoisotopic (exact) mass is 430 g/mol. The number of aliphatic hydroxyl groups excluding tert-OH is 2. The first-order valence-electron chi connectivity index (χ1n) is 12.6. The topological polar surface area (TPSA) is 60.7 Å². The van der Waals surface area contributed by atoms with E-state index >= 15 is 0 Å². The molecule has 3 heteroatoms. The van der Waals surface area contributed by atoms with Crippen molar-refractivity contribution >= 4 is 0 Å². The summed E-state index contributed by atoms with van der Waals surface area (Å²) in [6.45, 7) is 14.9. The smallest absolute Gasteiger partial charge is 0.0811 e. The van der Waals surface area contributed by atoms with Crippen molar-refractivity contribution in [2.24, 2.45) is 29.1 Å². The lowest BCUT2D eigenvalue weighted by molar-refractivity contribution is -0.0537. The van der Waals surface area contributed by atoms with Crippen molar-refractivity contribution in [2.45, 2.75) is 110 Å². The molecule has 0 spiro atoms. The number of rotatable bonds is 5. The molecule has 3 saturated carbocycles. The summed E-state index contributed by atoms with van der Waals surface area (Å²) in [5, 5.41) is 31.1. The zero-order chi connectivity index (χ0) is 23.0. The molecule has 3 N–H and O–H groups in total. The summed E-state index contributed by atoms with van der Waals surface area (Å²) in [5.74, 6) is 2.84. The van der Waals surface area contributed by atoms with Gasteiger partial charge in [0.25, 0.3) is 0 Å². The number of hydrogen-bond acceptors (Lipinski definition) is 3. The fourth-order valence-corrected chi connectivity index (χ4v) is 6.18. The van der Waals surface area contributed by atoms with Gasteiger partial charge in [0, 0.05) is 6.42 Å². The molecule has 3 fully saturated rings. The molecule has 0 heterocycles. The van der Waals surface area contributed by atoms with E-state index in [-0.39, 0.29) is 5.41 Å². The van der Waals surface area contributed by atoms with Gasteiger partial charge in [-0.25, -0.2) is 0 Å². The second-order valence-electron chi connectivity index (χ2n) is 12.0. The average Bonchev–Trinajstić information content (AvgIpc) is 3.11. The van der Waals surface area contributed by atoms with E-state index in [9.17, 15) is 15.3 Å². The quantitative estimate of drug-likeness (QED) is 0.505. The summed E-state index contributed by atoms with van der Waals surface area (Å²) in [6.07, 6.45) is 12.6. The predicted octanol–water partition coefficient (Wildman–Crippen LogP) is 5.95. The molecule has 0 radical (unpaired) electrons. The molecule has 0 bridgehead atoms. The van der Waals surface area contributed by atoms with Crippen LogP contribution < -0.4 is 0 Å². The van der Waals surface area contributed by atoms with Crippen LogP contribution in [0, 0.1) is 29.1 Å². The van der Waals surface area contributed by atoms with Gasteiger partial charge in [-0.15, -0.1) is 0 Å². The summed E-state index contributed by atoms with van der Waals surface area (Å²) >= 11 is 0. The Morgan fingerprint density at radius 3 is 2.48 bits per heavy atom. The lowest BCUT2D eigenvalue weighted by Gasteiger charge is -2.39. The van der Waals surface area contributed by atoms with Crippen molar-refractivity contribution in [1.82, 2.24) is 0 Å². The first-order valence-corrected chi connectivity index (χ1v) is 12.6. The molecule has 0 aliphatic heterocycles. The number of hydrogen-bond donors (Lipinski definition) is 3. The predicted molar refractivity (Wildman–Crippen MR) is 129 cm³/mol. The van der Waals surface area contributed by atoms with Crippen molar-refractivity contribution < 1.29 is 15.3 Å². The lowest BCUT2D eigenvalue weighted by atomic mass is 9.69. The Labute approximate surface area is 190 Å². The third kappa shape index (κ3) is 5.54. The molecule has 3 aliphatic carbocycles. The van der Waals surface area contributed by atoms with Crippen LogP contribution in [-0.4, -0.2) is 33.1 Å². The van der Waals surface area contributed by atoms with Gasteiger partial charge >= 0.3 is 0 Å². The van der Waals surface area contributed by atoms with Crippen molar-refractivity contribution in [3.8, 4) is 0 Å². The van der Waals surface area contributed by atoms with E-state index in [1.807, 2.05) is 6.92 Å². The summed E-state index contributed by atoms with van der Waals surface area (Å²) in [7, 11) is 0. The van der Waals surface area contributed by atoms with Crippen LogP contribution in [0.4, 0.5) is 0 Å². The molecule has 176 valence electrons. The van der Waals surface area contributed by atoms with Crippen LogP contribution in [-0.2, 0) is 0 Å². The third-order valence-electron chi connectivity index (χ3n) is 9.05. The standard InChI is InChI=1S/C28H46O3/c1-18(14-15-28(6,31)27(3,4)5)23-12-13-24-20(8-7-9-25(23)24)10-11-21-16-22(29)17-26(30)19(21)2/h10-11,18,22-26,29-31H,2,7-9,12-17H2,1,3-6H3/b20-10+,21-11-/t18?,22-,23?,24?,25?,26+,28-/m1/s1. The number of fused-ring (bicyclic) bond motifs is 1. The van der Waals surface area contributed by atoms with Gasteiger partial charge < -0.3 is 15.3 Å². The zero-order valence-electron chi connectivity index (χ0n) is 20.5. The molecule has 4 unspecified atom stereocenters. The fourth-order valence-electron chi connectivity index (χ4n) is 6.18. The second kappa shape index (κ2) is 9.53. The highest BCUT2D eigenvalue weighted by Crippen LogP contribution is 2.52. The van der Waals surface area contributed by atoms with Gasteiger partial charge in [0.05, 0.1) is 17.8 Å². The summed E-state index contributed by atoms with van der Waals surface area (Å²) < 4.78 is 0. The maximum Gasteiger partial charge on any atom is 0.0811 e. The molecule has 3 aliphatic rings. The minimum Gasteiger partial charge on any atom is -0.393 e. The average molecular weight is 431 g/mol. The maximum absolute atomic E-state index is 10.9. The highest BCUT2D eigenvalue weighted by Gasteiger charge is 2.43. The molecule has 3 rings (SSSR count). The molecule has 3 nitrogen and oxygen atoms in total. The Bertz CT molecular complexity index is 708. The molecule has 0 aromatic rings. The molecule has 7 atom stereocenters. The molecule has 31 heavy (non-hydrogen) atoms. The Kier molecular flexibility index (Phi) is 7.61. The van der Waals surface area contributed by atoms with Crippen LogP contribution in [0.2, 0.25) is 0 Å². The summed E-state index contributed by atoms with van der Waals surface area (Å²) in [6, 6.07) is 0. The molecule has 0 aromatic heterocycles. The maximum atomic E-state index is 10.9. The molecule has 0 aromatic carbocycles. The lowest BCUT2D eigenvalue weighted by Crippen LogP contribution is -2.40. The van der Waals surface area contributed by atoms with Crippen LogP contribution in [0.5, 0.6) is 0 Å². The first-order chi connectivity index (χ1) is 14.4. The Morgan fingerprint density at radius 2 is 1.81 bits per heavy atom. The molecule has 0 amide bonds. The minimum atomic E-state index is -0.624. The van der Waals surface area contributed by atoms with Gasteiger partial charge in [-0.05, 0) is 98.5 Å². The fraction of sp³-hybridized carbons (Fsp3) is 0.786. The van der Waals surface area contributed by atoms with Gasteiger partial charge in [-0.2, -0.15) is 0 Å². The minimum absolute atomic E-state index is 0.0938. The summed E-state index contributed by atoms with van der Waals surface area (Å²) in [4.78, 5) is 0. The largest absolute Gasteiger partial charge is 0.393 e. The van der Waals surface area contributed by atoms with Gasteiger partial charge in [0.15, 0.2) is 0 Å². The first kappa shape index (κ1) is 24.7. The van der Waals surface area contributed by atoms with Crippen LogP contribution in [0.25, 0.3) is 0 Å². The van der Waals surface area contributed by atoms with Crippen LogP contribution in [0.15, 0.2) is 35.5 Å². The van der Waals surface area contributed by atoms with E-state index in [4.69, 9.17) is 0 Å². The second-order valence-corrected chi connectivity index (χ2v) is 12.0. The van der Waals surface area contributed by atoms with E-state index in [1.54, 1.807) is 5.57 Å². The molecular weight excluding hydrogens is 384 g/mol. The van der Waals surface area contributed by atoms with Gasteiger partial charge in [-0.1, -0.05) is 52.0 Å². The van der Waals surface area contributed by atoms with Crippen LogP contribution in [0.3, 0.4) is 0 Å². The van der Waals surface area contributed by atoms with Gasteiger partial charge in [0.1, 0.15) is 0 Å². The Hall–Kier alpha value is -0.900. The Balaban J connectivity index is 1.66. The van der Waals surface area contributed by atoms with E-state index in [2.05, 4.69) is 46.4 Å². The van der Waals surface area contributed by atoms with Crippen molar-refractivity contribution in [1.29, 1.82) is 0 Å². The number of aliphatic hydroxyl groups is 3. The van der Waals surface area contributed by atoms with Crippen LogP contribution in [0.1, 0.15) is 92.4 Å².